The van der Waals surface area contributed by atoms with E-state index in [9.17, 15) is 28.7 Å². The summed E-state index contributed by atoms with van der Waals surface area (Å²) in [5, 5.41) is 10.3. The lowest BCUT2D eigenvalue weighted by Gasteiger charge is -2.33. The van der Waals surface area contributed by atoms with E-state index in [1.807, 2.05) is 6.92 Å². The molecular weight excluding hydrogens is 589 g/mol. The number of nitrogens with two attached hydrogens (primary N) is 1. The van der Waals surface area contributed by atoms with Crippen LogP contribution in [-0.2, 0) is 16.1 Å². The molecule has 10 heteroatoms. The first-order valence-corrected chi connectivity index (χ1v) is 15.8. The van der Waals surface area contributed by atoms with Gasteiger partial charge in [-0.2, -0.15) is 0 Å². The minimum Gasteiger partial charge on any atom is -0.480 e. The molecule has 1 saturated carbocycles. The average molecular weight is 634 g/mol. The number of rotatable bonds is 11. The summed E-state index contributed by atoms with van der Waals surface area (Å²) < 4.78 is 20.6. The second-order valence-corrected chi connectivity index (χ2v) is 13.5. The number of nitrogens with zero attached hydrogens (tertiary/aromatic N) is 2. The van der Waals surface area contributed by atoms with Crippen molar-refractivity contribution >= 4 is 23.7 Å². The van der Waals surface area contributed by atoms with E-state index in [1.54, 1.807) is 52.0 Å². The van der Waals surface area contributed by atoms with Gasteiger partial charge in [0.25, 0.3) is 5.56 Å². The summed E-state index contributed by atoms with van der Waals surface area (Å²) in [5.74, 6) is -1.40. The molecule has 0 aliphatic heterocycles. The van der Waals surface area contributed by atoms with Gasteiger partial charge in [-0.05, 0) is 99.9 Å². The molecule has 1 aliphatic carbocycles. The van der Waals surface area contributed by atoms with E-state index in [4.69, 9.17) is 10.5 Å². The highest BCUT2D eigenvalue weighted by atomic mass is 19.1. The Morgan fingerprint density at radius 3 is 2.30 bits per heavy atom. The van der Waals surface area contributed by atoms with E-state index < -0.39 is 40.9 Å². The highest BCUT2D eigenvalue weighted by molar-refractivity contribution is 6.11. The van der Waals surface area contributed by atoms with Crippen LogP contribution in [0.3, 0.4) is 0 Å². The molecule has 1 amide bonds. The van der Waals surface area contributed by atoms with Gasteiger partial charge in [-0.3, -0.25) is 19.1 Å². The first kappa shape index (κ1) is 34.4. The van der Waals surface area contributed by atoms with Gasteiger partial charge in [-0.25, -0.2) is 14.0 Å². The summed E-state index contributed by atoms with van der Waals surface area (Å²) in [4.78, 5) is 53.4. The van der Waals surface area contributed by atoms with Crippen LogP contribution in [0.4, 0.5) is 15.0 Å². The number of anilines is 1. The van der Waals surface area contributed by atoms with Gasteiger partial charge in [-0.15, -0.1) is 0 Å². The predicted octanol–water partition coefficient (Wildman–Crippen LogP) is 6.90. The molecule has 2 atom stereocenters. The lowest BCUT2D eigenvalue weighted by molar-refractivity contribution is -0.144. The Bertz CT molecular complexity index is 1640. The van der Waals surface area contributed by atoms with E-state index in [-0.39, 0.29) is 29.4 Å². The number of amides is 1. The number of ether oxygens (including phenoxy) is 1. The molecule has 46 heavy (non-hydrogen) atoms. The van der Waals surface area contributed by atoms with Gasteiger partial charge in [0, 0.05) is 18.2 Å². The maximum Gasteiger partial charge on any atom is 0.411 e. The zero-order valence-electron chi connectivity index (χ0n) is 27.2. The van der Waals surface area contributed by atoms with Crippen molar-refractivity contribution in [1.29, 1.82) is 0 Å². The Balaban J connectivity index is 1.61. The van der Waals surface area contributed by atoms with Crippen LogP contribution >= 0.6 is 0 Å². The third-order valence-electron chi connectivity index (χ3n) is 8.47. The minimum atomic E-state index is -1.10. The van der Waals surface area contributed by atoms with Crippen LogP contribution in [0.5, 0.6) is 0 Å². The molecule has 0 saturated heterocycles. The van der Waals surface area contributed by atoms with E-state index in [1.165, 1.54) is 52.6 Å². The van der Waals surface area contributed by atoms with Crippen molar-refractivity contribution in [3.63, 3.8) is 0 Å². The van der Waals surface area contributed by atoms with Crippen LogP contribution < -0.4 is 11.3 Å². The molecule has 0 radical (unpaired) electrons. The number of aromatic nitrogens is 1. The van der Waals surface area contributed by atoms with E-state index >= 15 is 0 Å². The fourth-order valence-corrected chi connectivity index (χ4v) is 6.18. The fourth-order valence-electron chi connectivity index (χ4n) is 6.18. The van der Waals surface area contributed by atoms with E-state index in [2.05, 4.69) is 0 Å². The first-order chi connectivity index (χ1) is 21.6. The highest BCUT2D eigenvalue weighted by Gasteiger charge is 2.35. The predicted molar refractivity (Wildman–Crippen MR) is 175 cm³/mol. The van der Waals surface area contributed by atoms with Crippen molar-refractivity contribution in [1.82, 2.24) is 9.47 Å². The number of carboxylic acid groups (broad SMARTS) is 1. The van der Waals surface area contributed by atoms with E-state index in [0.29, 0.717) is 29.2 Å². The summed E-state index contributed by atoms with van der Waals surface area (Å²) in [7, 11) is 0. The number of carbonyl (C=O) groups is 3. The van der Waals surface area contributed by atoms with Gasteiger partial charge in [-0.1, -0.05) is 44.7 Å². The number of aryl methyl sites for hydroxylation is 1. The molecule has 3 N–H and O–H groups in total. The number of pyridine rings is 1. The zero-order valence-corrected chi connectivity index (χ0v) is 27.2. The summed E-state index contributed by atoms with van der Waals surface area (Å²) in [6.07, 6.45) is 5.20. The quantitative estimate of drug-likeness (QED) is 0.220. The lowest BCUT2D eigenvalue weighted by Crippen LogP contribution is -2.47. The number of nitrogen functional groups attached to an aromatic ring is 1. The average Bonchev–Trinajstić information content (AvgIpc) is 3.48. The number of aliphatic carboxylic acids is 1. The molecule has 2 aromatic carbocycles. The van der Waals surface area contributed by atoms with E-state index in [0.717, 1.165) is 19.3 Å². The summed E-state index contributed by atoms with van der Waals surface area (Å²) in [6.45, 7) is 8.75. The molecule has 2 unspecified atom stereocenters. The standard InChI is InChI=1S/C36H44FN3O6/c1-22(18-24-8-6-7-9-24)19-30(34(43)44)39(35(45)46-36(3,4)5)21-25-10-13-27(14-11-25)40-31(41)17-15-28(33(40)38)32(42)26-12-16-29(37)23(2)20-26/h10-17,20,22,24,30H,6-9,18-19,21,38H2,1-5H3,(H,43,44). The molecule has 1 fully saturated rings. The molecule has 0 spiro atoms. The third kappa shape index (κ3) is 8.41. The van der Waals surface area contributed by atoms with Crippen molar-refractivity contribution in [3.8, 4) is 5.69 Å². The molecule has 9 nitrogen and oxygen atoms in total. The summed E-state index contributed by atoms with van der Waals surface area (Å²) >= 11 is 0. The first-order valence-electron chi connectivity index (χ1n) is 15.8. The Morgan fingerprint density at radius 1 is 1.07 bits per heavy atom. The molecule has 1 aromatic heterocycles. The number of ketones is 1. The topological polar surface area (TPSA) is 132 Å². The Hall–Kier alpha value is -4.47. The number of halogens is 1. The monoisotopic (exact) mass is 633 g/mol. The number of benzene rings is 2. The highest BCUT2D eigenvalue weighted by Crippen LogP contribution is 2.32. The van der Waals surface area contributed by atoms with Gasteiger partial charge < -0.3 is 15.6 Å². The van der Waals surface area contributed by atoms with Gasteiger partial charge >= 0.3 is 12.1 Å². The van der Waals surface area contributed by atoms with Crippen molar-refractivity contribution in [2.75, 3.05) is 5.73 Å². The van der Waals surface area contributed by atoms with Gasteiger partial charge in [0.15, 0.2) is 5.78 Å². The Morgan fingerprint density at radius 2 is 1.72 bits per heavy atom. The van der Waals surface area contributed by atoms with Crippen LogP contribution in [0.15, 0.2) is 59.4 Å². The molecule has 3 aromatic rings. The smallest absolute Gasteiger partial charge is 0.411 e. The van der Waals surface area contributed by atoms with Gasteiger partial charge in [0.2, 0.25) is 0 Å². The molecule has 1 aliphatic rings. The zero-order chi connectivity index (χ0) is 33.8. The van der Waals surface area contributed by atoms with Gasteiger partial charge in [0.1, 0.15) is 23.3 Å². The van der Waals surface area contributed by atoms with Crippen LogP contribution in [-0.4, -0.2) is 44.1 Å². The number of hydrogen-bond acceptors (Lipinski definition) is 6. The van der Waals surface area contributed by atoms with Crippen molar-refractivity contribution in [2.45, 2.75) is 91.3 Å². The molecule has 1 heterocycles. The summed E-state index contributed by atoms with van der Waals surface area (Å²) in [6, 6.07) is 12.1. The Kier molecular flexibility index (Phi) is 10.7. The number of carboxylic acids is 1. The second kappa shape index (κ2) is 14.3. The number of carbonyl (C=O) groups excluding carboxylic acids is 2. The van der Waals surface area contributed by atoms with Gasteiger partial charge in [0.05, 0.1) is 11.3 Å². The lowest BCUT2D eigenvalue weighted by atomic mass is 9.89. The molecule has 246 valence electrons. The minimum absolute atomic E-state index is 0.0326. The maximum absolute atomic E-state index is 13.8. The molecule has 0 bridgehead atoms. The third-order valence-corrected chi connectivity index (χ3v) is 8.47. The molecular formula is C36H44FN3O6. The van der Waals surface area contributed by atoms with Crippen molar-refractivity contribution in [2.24, 2.45) is 11.8 Å². The normalized spacial score (nSPS) is 14.9. The number of hydrogen-bond donors (Lipinski definition) is 2. The van der Waals surface area contributed by atoms with Crippen LogP contribution in [0.25, 0.3) is 5.69 Å². The molecule has 4 rings (SSSR count). The second-order valence-electron chi connectivity index (χ2n) is 13.5. The van der Waals surface area contributed by atoms with Crippen LogP contribution in [0.1, 0.15) is 93.3 Å². The largest absolute Gasteiger partial charge is 0.480 e. The van der Waals surface area contributed by atoms with Crippen LogP contribution in [0.2, 0.25) is 0 Å². The maximum atomic E-state index is 13.8. The van der Waals surface area contributed by atoms with Crippen LogP contribution in [0, 0.1) is 24.6 Å². The SMILES string of the molecule is Cc1cc(C(=O)c2ccc(=O)n(-c3ccc(CN(C(=O)OC(C)(C)C)C(CC(C)CC4CCCC4)C(=O)O)cc3)c2N)ccc1F. The fraction of sp³-hybridized carbons (Fsp3) is 0.444. The summed E-state index contributed by atoms with van der Waals surface area (Å²) in [5.41, 5.74) is 6.68. The van der Waals surface area contributed by atoms with Crippen molar-refractivity contribution in [3.05, 3.63) is 93.0 Å². The Labute approximate surface area is 269 Å². The van der Waals surface area contributed by atoms with Crippen molar-refractivity contribution < 1.29 is 28.6 Å².